The van der Waals surface area contributed by atoms with Gasteiger partial charge in [0.1, 0.15) is 0 Å². The van der Waals surface area contributed by atoms with E-state index in [9.17, 15) is 0 Å². The molecule has 0 radical (unpaired) electrons. The third kappa shape index (κ3) is 3.18. The summed E-state index contributed by atoms with van der Waals surface area (Å²) in [5.41, 5.74) is 5.95. The fraction of sp³-hybridized carbons (Fsp3) is 1.00. The number of likely N-dealkylation sites (tertiary alicyclic amines) is 1. The van der Waals surface area contributed by atoms with Gasteiger partial charge in [0.2, 0.25) is 0 Å². The third-order valence-electron chi connectivity index (χ3n) is 4.32. The van der Waals surface area contributed by atoms with Crippen molar-refractivity contribution in [2.75, 3.05) is 13.1 Å². The molecule has 1 saturated carbocycles. The largest absolute Gasteiger partial charge is 0.328 e. The molecule has 1 aliphatic heterocycles. The average molecular weight is 210 g/mol. The van der Waals surface area contributed by atoms with E-state index >= 15 is 0 Å². The first-order valence-corrected chi connectivity index (χ1v) is 6.75. The van der Waals surface area contributed by atoms with Crippen LogP contribution >= 0.6 is 0 Å². The number of hydrogen-bond donors (Lipinski definition) is 1. The van der Waals surface area contributed by atoms with Crippen LogP contribution in [0.15, 0.2) is 0 Å². The highest BCUT2D eigenvalue weighted by atomic mass is 15.2. The molecule has 2 fully saturated rings. The zero-order chi connectivity index (χ0) is 10.7. The first-order valence-electron chi connectivity index (χ1n) is 6.75. The molecule has 1 aliphatic carbocycles. The van der Waals surface area contributed by atoms with Gasteiger partial charge in [0, 0.05) is 12.1 Å². The number of nitrogens with zero attached hydrogens (tertiary/aromatic N) is 1. The van der Waals surface area contributed by atoms with Crippen LogP contribution in [0.5, 0.6) is 0 Å². The second-order valence-corrected chi connectivity index (χ2v) is 5.64. The Balaban J connectivity index is 1.82. The zero-order valence-electron chi connectivity index (χ0n) is 10.1. The molecule has 0 aromatic heterocycles. The van der Waals surface area contributed by atoms with Gasteiger partial charge in [-0.15, -0.1) is 0 Å². The lowest BCUT2D eigenvalue weighted by Crippen LogP contribution is -2.44. The molecule has 2 heteroatoms. The summed E-state index contributed by atoms with van der Waals surface area (Å²) >= 11 is 0. The van der Waals surface area contributed by atoms with E-state index in [0.717, 1.165) is 12.0 Å². The zero-order valence-corrected chi connectivity index (χ0v) is 10.1. The number of nitrogens with two attached hydrogens (primary N) is 1. The molecule has 88 valence electrons. The molecule has 2 aliphatic rings. The molecule has 15 heavy (non-hydrogen) atoms. The van der Waals surface area contributed by atoms with Crippen LogP contribution in [-0.2, 0) is 0 Å². The van der Waals surface area contributed by atoms with Crippen LogP contribution in [0.2, 0.25) is 0 Å². The third-order valence-corrected chi connectivity index (χ3v) is 4.32. The Morgan fingerprint density at radius 1 is 0.933 bits per heavy atom. The summed E-state index contributed by atoms with van der Waals surface area (Å²) in [6.45, 7) is 4.91. The highest BCUT2D eigenvalue weighted by Gasteiger charge is 2.25. The summed E-state index contributed by atoms with van der Waals surface area (Å²) in [5.74, 6) is 0.960. The van der Waals surface area contributed by atoms with Crippen LogP contribution in [0, 0.1) is 5.92 Å². The smallest absolute Gasteiger partial charge is 0.00953 e. The van der Waals surface area contributed by atoms with E-state index in [1.54, 1.807) is 0 Å². The summed E-state index contributed by atoms with van der Waals surface area (Å²) in [5, 5.41) is 0. The molecular formula is C13H26N2. The van der Waals surface area contributed by atoms with E-state index in [2.05, 4.69) is 11.8 Å². The lowest BCUT2D eigenvalue weighted by atomic mass is 9.99. The van der Waals surface area contributed by atoms with Gasteiger partial charge in [0.25, 0.3) is 0 Å². The first kappa shape index (κ1) is 11.4. The lowest BCUT2D eigenvalue weighted by molar-refractivity contribution is 0.139. The molecule has 0 spiro atoms. The Morgan fingerprint density at radius 2 is 1.67 bits per heavy atom. The van der Waals surface area contributed by atoms with Crippen molar-refractivity contribution >= 4 is 0 Å². The predicted molar refractivity (Wildman–Crippen MR) is 64.8 cm³/mol. The van der Waals surface area contributed by atoms with E-state index in [1.165, 1.54) is 58.0 Å². The van der Waals surface area contributed by atoms with Crippen molar-refractivity contribution in [3.8, 4) is 0 Å². The standard InChI is InChI=1S/C13H26N2/c1-11-3-2-4-13(6-5-11)15-9-7-12(14)8-10-15/h11-13H,2-10,14H2,1H3. The van der Waals surface area contributed by atoms with Crippen LogP contribution in [0.25, 0.3) is 0 Å². The Hall–Kier alpha value is -0.0800. The summed E-state index contributed by atoms with van der Waals surface area (Å²) < 4.78 is 0. The minimum Gasteiger partial charge on any atom is -0.328 e. The normalized spacial score (nSPS) is 36.4. The maximum atomic E-state index is 5.95. The molecule has 2 rings (SSSR count). The van der Waals surface area contributed by atoms with Crippen LogP contribution in [0.4, 0.5) is 0 Å². The van der Waals surface area contributed by atoms with Crippen molar-refractivity contribution < 1.29 is 0 Å². The topological polar surface area (TPSA) is 29.3 Å². The number of hydrogen-bond acceptors (Lipinski definition) is 2. The fourth-order valence-corrected chi connectivity index (χ4v) is 3.12. The van der Waals surface area contributed by atoms with Gasteiger partial charge in [-0.1, -0.05) is 19.8 Å². The number of rotatable bonds is 1. The Morgan fingerprint density at radius 3 is 2.40 bits per heavy atom. The van der Waals surface area contributed by atoms with E-state index in [-0.39, 0.29) is 0 Å². The van der Waals surface area contributed by atoms with Crippen LogP contribution < -0.4 is 5.73 Å². The van der Waals surface area contributed by atoms with Crippen molar-refractivity contribution in [3.05, 3.63) is 0 Å². The molecule has 2 unspecified atom stereocenters. The van der Waals surface area contributed by atoms with Crippen molar-refractivity contribution in [1.82, 2.24) is 4.90 Å². The van der Waals surface area contributed by atoms with E-state index in [1.807, 2.05) is 0 Å². The van der Waals surface area contributed by atoms with Gasteiger partial charge < -0.3 is 10.6 Å². The van der Waals surface area contributed by atoms with Gasteiger partial charge in [-0.2, -0.15) is 0 Å². The van der Waals surface area contributed by atoms with E-state index in [0.29, 0.717) is 6.04 Å². The van der Waals surface area contributed by atoms with E-state index in [4.69, 9.17) is 5.73 Å². The first-order chi connectivity index (χ1) is 7.25. The van der Waals surface area contributed by atoms with Gasteiger partial charge in [-0.25, -0.2) is 0 Å². The van der Waals surface area contributed by atoms with Crippen LogP contribution in [0.1, 0.15) is 51.9 Å². The van der Waals surface area contributed by atoms with E-state index < -0.39 is 0 Å². The molecule has 2 atom stereocenters. The number of piperidine rings is 1. The average Bonchev–Trinajstić information content (AvgIpc) is 2.44. The summed E-state index contributed by atoms with van der Waals surface area (Å²) in [6.07, 6.45) is 9.61. The van der Waals surface area contributed by atoms with Gasteiger partial charge in [-0.05, 0) is 51.1 Å². The lowest BCUT2D eigenvalue weighted by Gasteiger charge is -2.36. The van der Waals surface area contributed by atoms with Crippen molar-refractivity contribution in [1.29, 1.82) is 0 Å². The highest BCUT2D eigenvalue weighted by molar-refractivity contribution is 4.81. The predicted octanol–water partition coefficient (Wildman–Crippen LogP) is 2.38. The second-order valence-electron chi connectivity index (χ2n) is 5.64. The summed E-state index contributed by atoms with van der Waals surface area (Å²) in [6, 6.07) is 1.36. The van der Waals surface area contributed by atoms with Gasteiger partial charge in [-0.3, -0.25) is 0 Å². The SMILES string of the molecule is CC1CCCC(N2CCC(N)CC2)CC1. The highest BCUT2D eigenvalue weighted by Crippen LogP contribution is 2.27. The maximum absolute atomic E-state index is 5.95. The van der Waals surface area contributed by atoms with Gasteiger partial charge in [0.15, 0.2) is 0 Å². The van der Waals surface area contributed by atoms with Crippen LogP contribution in [-0.4, -0.2) is 30.1 Å². The van der Waals surface area contributed by atoms with Crippen molar-refractivity contribution in [2.45, 2.75) is 64.0 Å². The molecule has 0 amide bonds. The molecule has 2 N–H and O–H groups in total. The molecule has 0 bridgehead atoms. The molecular weight excluding hydrogens is 184 g/mol. The Kier molecular flexibility index (Phi) is 4.04. The minimum absolute atomic E-state index is 0.478. The van der Waals surface area contributed by atoms with Gasteiger partial charge >= 0.3 is 0 Å². The Labute approximate surface area is 94.2 Å². The molecule has 2 nitrogen and oxygen atoms in total. The molecule has 1 heterocycles. The summed E-state index contributed by atoms with van der Waals surface area (Å²) in [4.78, 5) is 2.71. The molecule has 0 aromatic carbocycles. The van der Waals surface area contributed by atoms with Crippen molar-refractivity contribution in [2.24, 2.45) is 11.7 Å². The van der Waals surface area contributed by atoms with Crippen molar-refractivity contribution in [3.63, 3.8) is 0 Å². The summed E-state index contributed by atoms with van der Waals surface area (Å²) in [7, 11) is 0. The maximum Gasteiger partial charge on any atom is 0.00953 e. The van der Waals surface area contributed by atoms with Gasteiger partial charge in [0.05, 0.1) is 0 Å². The Bertz CT molecular complexity index is 185. The molecule has 0 aromatic rings. The monoisotopic (exact) mass is 210 g/mol. The quantitative estimate of drug-likeness (QED) is 0.673. The fourth-order valence-electron chi connectivity index (χ4n) is 3.12. The second kappa shape index (κ2) is 5.31. The van der Waals surface area contributed by atoms with Crippen LogP contribution in [0.3, 0.4) is 0 Å². The minimum atomic E-state index is 0.478. The molecule has 1 saturated heterocycles.